The van der Waals surface area contributed by atoms with Gasteiger partial charge in [-0.2, -0.15) is 0 Å². The van der Waals surface area contributed by atoms with Crippen LogP contribution in [0.3, 0.4) is 0 Å². The van der Waals surface area contributed by atoms with Gasteiger partial charge >= 0.3 is 0 Å². The van der Waals surface area contributed by atoms with E-state index >= 15 is 0 Å². The van der Waals surface area contributed by atoms with Crippen molar-refractivity contribution in [3.8, 4) is 0 Å². The molecule has 0 spiro atoms. The van der Waals surface area contributed by atoms with Gasteiger partial charge in [0.05, 0.1) is 6.33 Å². The molecular formula is C16H31N5. The highest BCUT2D eigenvalue weighted by Gasteiger charge is 1.98. The molecule has 0 fully saturated rings. The summed E-state index contributed by atoms with van der Waals surface area (Å²) in [7, 11) is 1.81. The third-order valence-corrected chi connectivity index (χ3v) is 3.45. The molecule has 1 aromatic rings. The van der Waals surface area contributed by atoms with Crippen LogP contribution in [0.25, 0.3) is 0 Å². The van der Waals surface area contributed by atoms with E-state index in [1.807, 2.05) is 19.6 Å². The molecule has 120 valence electrons. The first kappa shape index (κ1) is 17.5. The highest BCUT2D eigenvalue weighted by molar-refractivity contribution is 5.79. The first-order valence-corrected chi connectivity index (χ1v) is 8.12. The number of aromatic nitrogens is 2. The van der Waals surface area contributed by atoms with Crippen LogP contribution in [0.15, 0.2) is 23.7 Å². The molecule has 5 nitrogen and oxygen atoms in total. The molecule has 1 rings (SSSR count). The lowest BCUT2D eigenvalue weighted by molar-refractivity contribution is 0.518. The average molecular weight is 293 g/mol. The lowest BCUT2D eigenvalue weighted by atomic mass is 10.0. The van der Waals surface area contributed by atoms with Crippen LogP contribution in [0.1, 0.15) is 46.0 Å². The average Bonchev–Trinajstić information content (AvgIpc) is 2.97. The van der Waals surface area contributed by atoms with E-state index in [0.717, 1.165) is 31.5 Å². The Morgan fingerprint density at radius 2 is 1.90 bits per heavy atom. The fourth-order valence-corrected chi connectivity index (χ4v) is 2.18. The number of aliphatic imine (C=N–C) groups is 1. The minimum atomic E-state index is 0.835. The highest BCUT2D eigenvalue weighted by Crippen LogP contribution is 2.08. The van der Waals surface area contributed by atoms with Gasteiger partial charge in [0.1, 0.15) is 0 Å². The summed E-state index contributed by atoms with van der Waals surface area (Å²) in [5.41, 5.74) is 0. The van der Waals surface area contributed by atoms with Gasteiger partial charge in [-0.15, -0.1) is 0 Å². The van der Waals surface area contributed by atoms with Crippen molar-refractivity contribution < 1.29 is 0 Å². The van der Waals surface area contributed by atoms with Gasteiger partial charge in [-0.25, -0.2) is 4.98 Å². The molecule has 21 heavy (non-hydrogen) atoms. The molecule has 5 heteroatoms. The SMILES string of the molecule is CN=C(NCCCCCCC(C)C)NCCn1ccnc1. The summed E-state index contributed by atoms with van der Waals surface area (Å²) in [5.74, 6) is 1.72. The van der Waals surface area contributed by atoms with Gasteiger partial charge in [0.2, 0.25) is 0 Å². The second-order valence-corrected chi connectivity index (χ2v) is 5.82. The van der Waals surface area contributed by atoms with Crippen molar-refractivity contribution in [2.24, 2.45) is 10.9 Å². The molecule has 1 heterocycles. The third-order valence-electron chi connectivity index (χ3n) is 3.45. The predicted octanol–water partition coefficient (Wildman–Crippen LogP) is 2.65. The van der Waals surface area contributed by atoms with Crippen molar-refractivity contribution >= 4 is 5.96 Å². The molecular weight excluding hydrogens is 262 g/mol. The van der Waals surface area contributed by atoms with Crippen LogP contribution in [0.5, 0.6) is 0 Å². The normalized spacial score (nSPS) is 11.9. The van der Waals surface area contributed by atoms with Crippen molar-refractivity contribution in [2.75, 3.05) is 20.1 Å². The standard InChI is InChI=1S/C16H31N5/c1-15(2)8-6-4-5-7-9-19-16(17-3)20-11-13-21-12-10-18-14-21/h10,12,14-15H,4-9,11,13H2,1-3H3,(H2,17,19,20). The molecule has 0 saturated heterocycles. The molecule has 0 aliphatic heterocycles. The van der Waals surface area contributed by atoms with Crippen LogP contribution < -0.4 is 10.6 Å². The van der Waals surface area contributed by atoms with Crippen LogP contribution in [0.2, 0.25) is 0 Å². The molecule has 0 radical (unpaired) electrons. The van der Waals surface area contributed by atoms with Crippen LogP contribution >= 0.6 is 0 Å². The number of imidazole rings is 1. The number of rotatable bonds is 10. The molecule has 0 unspecified atom stereocenters. The summed E-state index contributed by atoms with van der Waals surface area (Å²) >= 11 is 0. The Hall–Kier alpha value is -1.52. The van der Waals surface area contributed by atoms with Crippen LogP contribution in [0.4, 0.5) is 0 Å². The summed E-state index contributed by atoms with van der Waals surface area (Å²) in [6.45, 7) is 7.33. The minimum Gasteiger partial charge on any atom is -0.356 e. The van der Waals surface area contributed by atoms with Crippen molar-refractivity contribution in [1.29, 1.82) is 0 Å². The Morgan fingerprint density at radius 1 is 1.14 bits per heavy atom. The van der Waals surface area contributed by atoms with E-state index < -0.39 is 0 Å². The van der Waals surface area contributed by atoms with Gasteiger partial charge in [-0.05, 0) is 12.3 Å². The summed E-state index contributed by atoms with van der Waals surface area (Å²) in [6, 6.07) is 0. The number of hydrogen-bond acceptors (Lipinski definition) is 2. The van der Waals surface area contributed by atoms with Crippen molar-refractivity contribution in [3.63, 3.8) is 0 Å². The smallest absolute Gasteiger partial charge is 0.191 e. The van der Waals surface area contributed by atoms with Gasteiger partial charge in [0, 0.05) is 39.1 Å². The first-order valence-electron chi connectivity index (χ1n) is 8.12. The second-order valence-electron chi connectivity index (χ2n) is 5.82. The maximum atomic E-state index is 4.23. The Balaban J connectivity index is 1.98. The molecule has 0 amide bonds. The Morgan fingerprint density at radius 3 is 2.57 bits per heavy atom. The van der Waals surface area contributed by atoms with E-state index in [0.29, 0.717) is 0 Å². The first-order chi connectivity index (χ1) is 10.2. The molecule has 2 N–H and O–H groups in total. The van der Waals surface area contributed by atoms with E-state index in [9.17, 15) is 0 Å². The summed E-state index contributed by atoms with van der Waals surface area (Å²) in [6.07, 6.45) is 12.1. The lowest BCUT2D eigenvalue weighted by Gasteiger charge is -2.12. The third kappa shape index (κ3) is 9.10. The predicted molar refractivity (Wildman–Crippen MR) is 89.5 cm³/mol. The monoisotopic (exact) mass is 293 g/mol. The van der Waals surface area contributed by atoms with Crippen LogP contribution in [-0.2, 0) is 6.54 Å². The minimum absolute atomic E-state index is 0.835. The number of unbranched alkanes of at least 4 members (excludes halogenated alkanes) is 3. The molecule has 0 atom stereocenters. The number of nitrogens with zero attached hydrogens (tertiary/aromatic N) is 3. The number of hydrogen-bond donors (Lipinski definition) is 2. The maximum absolute atomic E-state index is 4.23. The highest BCUT2D eigenvalue weighted by atomic mass is 15.2. The van der Waals surface area contributed by atoms with E-state index in [2.05, 4.69) is 39.0 Å². The largest absolute Gasteiger partial charge is 0.356 e. The van der Waals surface area contributed by atoms with Crippen LogP contribution in [0, 0.1) is 5.92 Å². The quantitative estimate of drug-likeness (QED) is 0.396. The number of nitrogens with one attached hydrogen (secondary N) is 2. The van der Waals surface area contributed by atoms with Gasteiger partial charge in [0.25, 0.3) is 0 Å². The molecule has 0 aliphatic carbocycles. The molecule has 1 aromatic heterocycles. The molecule has 0 aromatic carbocycles. The second kappa shape index (κ2) is 11.2. The summed E-state index contributed by atoms with van der Waals surface area (Å²) in [5, 5.41) is 6.68. The van der Waals surface area contributed by atoms with E-state index in [1.165, 1.54) is 32.1 Å². The van der Waals surface area contributed by atoms with Gasteiger partial charge in [0.15, 0.2) is 5.96 Å². The zero-order valence-corrected chi connectivity index (χ0v) is 13.8. The topological polar surface area (TPSA) is 54.2 Å². The van der Waals surface area contributed by atoms with E-state index in [-0.39, 0.29) is 0 Å². The van der Waals surface area contributed by atoms with Crippen molar-refractivity contribution in [2.45, 2.75) is 52.5 Å². The Kier molecular flexibility index (Phi) is 9.33. The zero-order chi connectivity index (χ0) is 15.3. The van der Waals surface area contributed by atoms with Gasteiger partial charge < -0.3 is 15.2 Å². The molecule has 0 bridgehead atoms. The summed E-state index contributed by atoms with van der Waals surface area (Å²) in [4.78, 5) is 8.26. The summed E-state index contributed by atoms with van der Waals surface area (Å²) < 4.78 is 2.05. The van der Waals surface area contributed by atoms with Crippen molar-refractivity contribution in [3.05, 3.63) is 18.7 Å². The Labute approximate surface area is 129 Å². The van der Waals surface area contributed by atoms with Gasteiger partial charge in [-0.1, -0.05) is 39.5 Å². The van der Waals surface area contributed by atoms with E-state index in [4.69, 9.17) is 0 Å². The molecule has 0 aliphatic rings. The van der Waals surface area contributed by atoms with E-state index in [1.54, 1.807) is 6.20 Å². The van der Waals surface area contributed by atoms with Crippen molar-refractivity contribution in [1.82, 2.24) is 20.2 Å². The zero-order valence-electron chi connectivity index (χ0n) is 13.8. The fraction of sp³-hybridized carbons (Fsp3) is 0.750. The molecule has 0 saturated carbocycles. The fourth-order valence-electron chi connectivity index (χ4n) is 2.18. The lowest BCUT2D eigenvalue weighted by Crippen LogP contribution is -2.39. The number of guanidine groups is 1. The Bertz CT molecular complexity index is 370. The van der Waals surface area contributed by atoms with Gasteiger partial charge in [-0.3, -0.25) is 4.99 Å². The van der Waals surface area contributed by atoms with Crippen LogP contribution in [-0.4, -0.2) is 35.6 Å². The maximum Gasteiger partial charge on any atom is 0.191 e.